The molecule has 2 atom stereocenters. The van der Waals surface area contributed by atoms with E-state index >= 15 is 0 Å². The highest BCUT2D eigenvalue weighted by Crippen LogP contribution is 2.24. The predicted octanol–water partition coefficient (Wildman–Crippen LogP) is 0.694. The highest BCUT2D eigenvalue weighted by atomic mass is 16.2. The minimum atomic E-state index is -0.168. The summed E-state index contributed by atoms with van der Waals surface area (Å²) in [5, 5.41) is 0. The summed E-state index contributed by atoms with van der Waals surface area (Å²) in [5.41, 5.74) is 0. The third-order valence-electron chi connectivity index (χ3n) is 5.10. The average Bonchev–Trinajstić information content (AvgIpc) is 2.47. The van der Waals surface area contributed by atoms with Gasteiger partial charge in [-0.3, -0.25) is 9.59 Å². The number of likely N-dealkylation sites (tertiary alicyclic amines) is 1. The van der Waals surface area contributed by atoms with Crippen molar-refractivity contribution in [3.63, 3.8) is 0 Å². The van der Waals surface area contributed by atoms with Gasteiger partial charge in [-0.2, -0.15) is 0 Å². The first-order valence-corrected chi connectivity index (χ1v) is 7.95. The number of nitrogens with zero attached hydrogens (tertiary/aromatic N) is 3. The van der Waals surface area contributed by atoms with Crippen LogP contribution in [-0.4, -0.2) is 71.8 Å². The molecule has 0 bridgehead atoms. The molecule has 3 heterocycles. The van der Waals surface area contributed by atoms with Crippen molar-refractivity contribution in [3.05, 3.63) is 0 Å². The Kier molecular flexibility index (Phi) is 3.96. The van der Waals surface area contributed by atoms with Gasteiger partial charge in [-0.05, 0) is 45.7 Å². The first-order chi connectivity index (χ1) is 9.66. The molecule has 0 aliphatic carbocycles. The van der Waals surface area contributed by atoms with Crippen molar-refractivity contribution in [2.75, 3.05) is 33.2 Å². The second-order valence-electron chi connectivity index (χ2n) is 6.45. The molecule has 5 heteroatoms. The Morgan fingerprint density at radius 2 is 1.80 bits per heavy atom. The number of carbonyl (C=O) groups excluding carboxylic acids is 2. The van der Waals surface area contributed by atoms with E-state index < -0.39 is 0 Å². The summed E-state index contributed by atoms with van der Waals surface area (Å²) in [4.78, 5) is 30.8. The van der Waals surface area contributed by atoms with Crippen LogP contribution < -0.4 is 0 Å². The van der Waals surface area contributed by atoms with Gasteiger partial charge in [-0.15, -0.1) is 0 Å². The third-order valence-corrected chi connectivity index (χ3v) is 5.10. The van der Waals surface area contributed by atoms with Gasteiger partial charge < -0.3 is 14.7 Å². The SMILES string of the molecule is CN1CCCCC1CN1CC(=O)N2CCCCC2C1=O. The molecule has 0 aromatic rings. The fraction of sp³-hybridized carbons (Fsp3) is 0.867. The second-order valence-corrected chi connectivity index (χ2v) is 6.45. The molecular weight excluding hydrogens is 254 g/mol. The number of rotatable bonds is 2. The molecule has 0 radical (unpaired) electrons. The quantitative estimate of drug-likeness (QED) is 0.747. The molecule has 0 aromatic carbocycles. The maximum absolute atomic E-state index is 12.6. The molecule has 5 nitrogen and oxygen atoms in total. The minimum Gasteiger partial charge on any atom is -0.330 e. The molecule has 0 aromatic heterocycles. The van der Waals surface area contributed by atoms with E-state index in [2.05, 4.69) is 11.9 Å². The van der Waals surface area contributed by atoms with Gasteiger partial charge in [-0.25, -0.2) is 0 Å². The topological polar surface area (TPSA) is 43.9 Å². The van der Waals surface area contributed by atoms with Crippen molar-refractivity contribution in [1.82, 2.24) is 14.7 Å². The summed E-state index contributed by atoms with van der Waals surface area (Å²) >= 11 is 0. The number of hydrogen-bond donors (Lipinski definition) is 0. The first-order valence-electron chi connectivity index (χ1n) is 7.95. The Labute approximate surface area is 120 Å². The lowest BCUT2D eigenvalue weighted by Gasteiger charge is -2.45. The number of fused-ring (bicyclic) bond motifs is 1. The Morgan fingerprint density at radius 1 is 1.05 bits per heavy atom. The van der Waals surface area contributed by atoms with Crippen molar-refractivity contribution >= 4 is 11.8 Å². The number of carbonyl (C=O) groups is 2. The molecule has 2 amide bonds. The standard InChI is InChI=1S/C15H25N3O2/c1-16-8-4-2-6-12(16)10-17-11-14(19)18-9-5-3-7-13(18)15(17)20/h12-13H,2-11H2,1H3. The van der Waals surface area contributed by atoms with Gasteiger partial charge in [-0.1, -0.05) is 6.42 Å². The van der Waals surface area contributed by atoms with Crippen LogP contribution in [0.2, 0.25) is 0 Å². The van der Waals surface area contributed by atoms with E-state index in [9.17, 15) is 9.59 Å². The Balaban J connectivity index is 1.67. The Hall–Kier alpha value is -1.10. The lowest BCUT2D eigenvalue weighted by Crippen LogP contribution is -2.63. The van der Waals surface area contributed by atoms with E-state index in [1.54, 1.807) is 0 Å². The van der Waals surface area contributed by atoms with E-state index in [1.165, 1.54) is 12.8 Å². The molecule has 3 rings (SSSR count). The molecule has 3 aliphatic rings. The number of piperazine rings is 1. The normalized spacial score (nSPS) is 32.5. The lowest BCUT2D eigenvalue weighted by atomic mass is 9.97. The molecule has 112 valence electrons. The van der Waals surface area contributed by atoms with Crippen LogP contribution in [0.25, 0.3) is 0 Å². The van der Waals surface area contributed by atoms with Crippen LogP contribution in [0.4, 0.5) is 0 Å². The summed E-state index contributed by atoms with van der Waals surface area (Å²) in [6, 6.07) is 0.259. The van der Waals surface area contributed by atoms with Crippen molar-refractivity contribution < 1.29 is 9.59 Å². The van der Waals surface area contributed by atoms with E-state index in [0.717, 1.165) is 45.3 Å². The summed E-state index contributed by atoms with van der Waals surface area (Å²) in [6.07, 6.45) is 6.58. The van der Waals surface area contributed by atoms with Crippen LogP contribution in [0.3, 0.4) is 0 Å². The molecule has 0 N–H and O–H groups in total. The number of amides is 2. The predicted molar refractivity (Wildman–Crippen MR) is 76.2 cm³/mol. The number of piperidine rings is 2. The van der Waals surface area contributed by atoms with Crippen LogP contribution >= 0.6 is 0 Å². The Bertz CT molecular complexity index is 399. The maximum atomic E-state index is 12.6. The van der Waals surface area contributed by atoms with Crippen LogP contribution in [0, 0.1) is 0 Å². The van der Waals surface area contributed by atoms with Gasteiger partial charge in [0, 0.05) is 19.1 Å². The van der Waals surface area contributed by atoms with Crippen LogP contribution in [0.1, 0.15) is 38.5 Å². The monoisotopic (exact) mass is 279 g/mol. The molecule has 0 saturated carbocycles. The minimum absolute atomic E-state index is 0.146. The number of hydrogen-bond acceptors (Lipinski definition) is 3. The van der Waals surface area contributed by atoms with Crippen molar-refractivity contribution in [1.29, 1.82) is 0 Å². The molecule has 0 spiro atoms. The molecular formula is C15H25N3O2. The van der Waals surface area contributed by atoms with Gasteiger partial charge in [0.2, 0.25) is 11.8 Å². The Morgan fingerprint density at radius 3 is 2.60 bits per heavy atom. The summed E-state index contributed by atoms with van der Waals surface area (Å²) in [5.74, 6) is 0.330. The first kappa shape index (κ1) is 13.9. The molecule has 3 aliphatic heterocycles. The molecule has 3 saturated heterocycles. The summed E-state index contributed by atoms with van der Waals surface area (Å²) in [6.45, 7) is 2.90. The number of likely N-dealkylation sites (N-methyl/N-ethyl adjacent to an activating group) is 1. The van der Waals surface area contributed by atoms with Crippen LogP contribution in [-0.2, 0) is 9.59 Å². The second kappa shape index (κ2) is 5.72. The van der Waals surface area contributed by atoms with Crippen molar-refractivity contribution in [2.24, 2.45) is 0 Å². The fourth-order valence-corrected chi connectivity index (χ4v) is 3.81. The smallest absolute Gasteiger partial charge is 0.245 e. The zero-order valence-electron chi connectivity index (χ0n) is 12.4. The lowest BCUT2D eigenvalue weighted by molar-refractivity contribution is -0.158. The maximum Gasteiger partial charge on any atom is 0.245 e. The van der Waals surface area contributed by atoms with Crippen LogP contribution in [0.5, 0.6) is 0 Å². The van der Waals surface area contributed by atoms with E-state index in [4.69, 9.17) is 0 Å². The van der Waals surface area contributed by atoms with Gasteiger partial charge >= 0.3 is 0 Å². The summed E-state index contributed by atoms with van der Waals surface area (Å²) < 4.78 is 0. The van der Waals surface area contributed by atoms with Gasteiger partial charge in [0.25, 0.3) is 0 Å². The highest BCUT2D eigenvalue weighted by molar-refractivity contribution is 5.95. The highest BCUT2D eigenvalue weighted by Gasteiger charge is 2.41. The zero-order valence-corrected chi connectivity index (χ0v) is 12.4. The fourth-order valence-electron chi connectivity index (χ4n) is 3.81. The van der Waals surface area contributed by atoms with E-state index in [0.29, 0.717) is 12.6 Å². The van der Waals surface area contributed by atoms with E-state index in [-0.39, 0.29) is 17.9 Å². The average molecular weight is 279 g/mol. The van der Waals surface area contributed by atoms with Crippen LogP contribution in [0.15, 0.2) is 0 Å². The van der Waals surface area contributed by atoms with Gasteiger partial charge in [0.1, 0.15) is 6.04 Å². The third kappa shape index (κ3) is 2.55. The molecule has 20 heavy (non-hydrogen) atoms. The van der Waals surface area contributed by atoms with Gasteiger partial charge in [0.05, 0.1) is 6.54 Å². The van der Waals surface area contributed by atoms with Crippen molar-refractivity contribution in [2.45, 2.75) is 50.6 Å². The van der Waals surface area contributed by atoms with Crippen molar-refractivity contribution in [3.8, 4) is 0 Å². The zero-order chi connectivity index (χ0) is 14.1. The van der Waals surface area contributed by atoms with Gasteiger partial charge in [0.15, 0.2) is 0 Å². The summed E-state index contributed by atoms with van der Waals surface area (Å²) in [7, 11) is 2.13. The molecule has 3 fully saturated rings. The van der Waals surface area contributed by atoms with E-state index in [1.807, 2.05) is 9.80 Å². The molecule has 2 unspecified atom stereocenters. The largest absolute Gasteiger partial charge is 0.330 e.